The molecule has 1 saturated heterocycles. The van der Waals surface area contributed by atoms with E-state index in [4.69, 9.17) is 11.6 Å². The number of carbonyl (C=O) groups is 2. The molecule has 5 heteroatoms. The minimum atomic E-state index is -0.666. The highest BCUT2D eigenvalue weighted by molar-refractivity contribution is 6.31. The molecular formula is C14H16ClNO3. The maximum Gasteiger partial charge on any atom is 0.317 e. The SMILES string of the molecule is COC(=O)C1CN(Cc2ccccc2Cl)CCC1=O. The Labute approximate surface area is 117 Å². The Morgan fingerprint density at radius 3 is 2.89 bits per heavy atom. The van der Waals surface area contributed by atoms with E-state index in [0.717, 1.165) is 5.56 Å². The lowest BCUT2D eigenvalue weighted by atomic mass is 9.96. The lowest BCUT2D eigenvalue weighted by Crippen LogP contribution is -2.44. The largest absolute Gasteiger partial charge is 0.468 e. The van der Waals surface area contributed by atoms with Crippen LogP contribution >= 0.6 is 11.6 Å². The van der Waals surface area contributed by atoms with Crippen LogP contribution in [0.15, 0.2) is 24.3 Å². The summed E-state index contributed by atoms with van der Waals surface area (Å²) in [5.74, 6) is -1.16. The van der Waals surface area contributed by atoms with Crippen molar-refractivity contribution in [2.24, 2.45) is 5.92 Å². The molecule has 0 aliphatic carbocycles. The fourth-order valence-corrected chi connectivity index (χ4v) is 2.45. The Morgan fingerprint density at radius 1 is 1.47 bits per heavy atom. The van der Waals surface area contributed by atoms with Gasteiger partial charge in [-0.25, -0.2) is 0 Å². The minimum absolute atomic E-state index is 0.0396. The van der Waals surface area contributed by atoms with Crippen LogP contribution < -0.4 is 0 Å². The molecule has 102 valence electrons. The first-order valence-electron chi connectivity index (χ1n) is 6.18. The van der Waals surface area contributed by atoms with Crippen molar-refractivity contribution >= 4 is 23.4 Å². The Bertz CT molecular complexity index is 481. The van der Waals surface area contributed by atoms with Gasteiger partial charge in [-0.2, -0.15) is 0 Å². The average molecular weight is 282 g/mol. The summed E-state index contributed by atoms with van der Waals surface area (Å²) in [6.45, 7) is 1.69. The van der Waals surface area contributed by atoms with Gasteiger partial charge in [-0.15, -0.1) is 0 Å². The Balaban J connectivity index is 2.04. The third-order valence-corrected chi connectivity index (χ3v) is 3.71. The normalized spacial score (nSPS) is 20.3. The van der Waals surface area contributed by atoms with Crippen molar-refractivity contribution in [2.45, 2.75) is 13.0 Å². The molecule has 0 aromatic heterocycles. The summed E-state index contributed by atoms with van der Waals surface area (Å²) in [4.78, 5) is 25.3. The molecule has 0 N–H and O–H groups in total. The second-order valence-electron chi connectivity index (χ2n) is 4.62. The van der Waals surface area contributed by atoms with Crippen LogP contribution in [-0.2, 0) is 20.9 Å². The van der Waals surface area contributed by atoms with Crippen molar-refractivity contribution in [2.75, 3.05) is 20.2 Å². The first-order valence-corrected chi connectivity index (χ1v) is 6.56. The van der Waals surface area contributed by atoms with E-state index >= 15 is 0 Å². The second-order valence-corrected chi connectivity index (χ2v) is 5.03. The number of carbonyl (C=O) groups excluding carboxylic acids is 2. The molecule has 0 radical (unpaired) electrons. The monoisotopic (exact) mass is 281 g/mol. The molecule has 0 saturated carbocycles. The standard InChI is InChI=1S/C14H16ClNO3/c1-19-14(18)11-9-16(7-6-13(11)17)8-10-4-2-3-5-12(10)15/h2-5,11H,6-9H2,1H3. The third kappa shape index (κ3) is 3.33. The summed E-state index contributed by atoms with van der Waals surface area (Å²) in [6, 6.07) is 7.59. The number of ketones is 1. The quantitative estimate of drug-likeness (QED) is 0.627. The van der Waals surface area contributed by atoms with Crippen LogP contribution in [0.5, 0.6) is 0 Å². The number of ether oxygens (including phenoxy) is 1. The van der Waals surface area contributed by atoms with Gasteiger partial charge in [0.05, 0.1) is 7.11 Å². The van der Waals surface area contributed by atoms with Gasteiger partial charge in [0.2, 0.25) is 0 Å². The Morgan fingerprint density at radius 2 is 2.21 bits per heavy atom. The third-order valence-electron chi connectivity index (χ3n) is 3.34. The molecule has 1 aliphatic rings. The number of hydrogen-bond donors (Lipinski definition) is 0. The number of esters is 1. The van der Waals surface area contributed by atoms with E-state index in [0.29, 0.717) is 31.1 Å². The van der Waals surface area contributed by atoms with Crippen molar-refractivity contribution < 1.29 is 14.3 Å². The topological polar surface area (TPSA) is 46.6 Å². The van der Waals surface area contributed by atoms with E-state index < -0.39 is 11.9 Å². The highest BCUT2D eigenvalue weighted by Crippen LogP contribution is 2.21. The van der Waals surface area contributed by atoms with Crippen molar-refractivity contribution in [3.05, 3.63) is 34.9 Å². The average Bonchev–Trinajstić information content (AvgIpc) is 2.42. The van der Waals surface area contributed by atoms with E-state index in [1.165, 1.54) is 7.11 Å². The number of hydrogen-bond acceptors (Lipinski definition) is 4. The van der Waals surface area contributed by atoms with E-state index in [9.17, 15) is 9.59 Å². The number of benzene rings is 1. The number of likely N-dealkylation sites (tertiary alicyclic amines) is 1. The molecule has 0 amide bonds. The van der Waals surface area contributed by atoms with E-state index in [-0.39, 0.29) is 5.78 Å². The van der Waals surface area contributed by atoms with Crippen LogP contribution in [0, 0.1) is 5.92 Å². The highest BCUT2D eigenvalue weighted by Gasteiger charge is 2.33. The van der Waals surface area contributed by atoms with Crippen LogP contribution in [0.3, 0.4) is 0 Å². The van der Waals surface area contributed by atoms with Gasteiger partial charge in [0, 0.05) is 31.1 Å². The van der Waals surface area contributed by atoms with Gasteiger partial charge in [-0.05, 0) is 11.6 Å². The number of halogens is 1. The summed E-state index contributed by atoms with van der Waals surface area (Å²) in [5, 5.41) is 0.703. The van der Waals surface area contributed by atoms with Crippen LogP contribution in [0.25, 0.3) is 0 Å². The molecule has 0 bridgehead atoms. The van der Waals surface area contributed by atoms with Gasteiger partial charge in [0.25, 0.3) is 0 Å². The smallest absolute Gasteiger partial charge is 0.317 e. The van der Waals surface area contributed by atoms with Crippen LogP contribution in [0.1, 0.15) is 12.0 Å². The molecule has 1 unspecified atom stereocenters. The maximum absolute atomic E-state index is 11.7. The molecule has 4 nitrogen and oxygen atoms in total. The molecule has 1 atom stereocenters. The van der Waals surface area contributed by atoms with Gasteiger partial charge in [0.1, 0.15) is 11.7 Å². The number of Topliss-reactive ketones (excluding diaryl/α,β-unsaturated/α-hetero) is 1. The van der Waals surface area contributed by atoms with E-state index in [1.54, 1.807) is 0 Å². The van der Waals surface area contributed by atoms with Gasteiger partial charge < -0.3 is 4.74 Å². The second kappa shape index (κ2) is 6.17. The number of piperidine rings is 1. The summed E-state index contributed by atoms with van der Waals surface area (Å²) in [6.07, 6.45) is 0.379. The van der Waals surface area contributed by atoms with Gasteiger partial charge in [-0.1, -0.05) is 29.8 Å². The zero-order valence-electron chi connectivity index (χ0n) is 10.8. The molecule has 2 rings (SSSR count). The van der Waals surface area contributed by atoms with Crippen molar-refractivity contribution in [3.63, 3.8) is 0 Å². The fourth-order valence-electron chi connectivity index (χ4n) is 2.25. The molecule has 1 fully saturated rings. The van der Waals surface area contributed by atoms with Crippen LogP contribution in [-0.4, -0.2) is 36.9 Å². The van der Waals surface area contributed by atoms with Gasteiger partial charge in [-0.3, -0.25) is 14.5 Å². The summed E-state index contributed by atoms with van der Waals surface area (Å²) in [5.41, 5.74) is 1.00. The van der Waals surface area contributed by atoms with Crippen LogP contribution in [0.4, 0.5) is 0 Å². The Kier molecular flexibility index (Phi) is 4.56. The van der Waals surface area contributed by atoms with Crippen molar-refractivity contribution in [1.82, 2.24) is 4.90 Å². The predicted molar refractivity (Wildman–Crippen MR) is 71.9 cm³/mol. The zero-order chi connectivity index (χ0) is 13.8. The molecular weight excluding hydrogens is 266 g/mol. The van der Waals surface area contributed by atoms with Gasteiger partial charge >= 0.3 is 5.97 Å². The first kappa shape index (κ1) is 14.0. The molecule has 1 aromatic carbocycles. The Hall–Kier alpha value is -1.39. The van der Waals surface area contributed by atoms with E-state index in [1.807, 2.05) is 24.3 Å². The lowest BCUT2D eigenvalue weighted by molar-refractivity contribution is -0.152. The molecule has 0 spiro atoms. The summed E-state index contributed by atoms with van der Waals surface area (Å²) < 4.78 is 4.67. The van der Waals surface area contributed by atoms with Crippen LogP contribution in [0.2, 0.25) is 5.02 Å². The minimum Gasteiger partial charge on any atom is -0.468 e. The fraction of sp³-hybridized carbons (Fsp3) is 0.429. The van der Waals surface area contributed by atoms with E-state index in [2.05, 4.69) is 9.64 Å². The highest BCUT2D eigenvalue weighted by atomic mass is 35.5. The number of methoxy groups -OCH3 is 1. The number of nitrogens with zero attached hydrogens (tertiary/aromatic N) is 1. The molecule has 1 heterocycles. The zero-order valence-corrected chi connectivity index (χ0v) is 11.5. The van der Waals surface area contributed by atoms with Crippen molar-refractivity contribution in [3.8, 4) is 0 Å². The first-order chi connectivity index (χ1) is 9.11. The molecule has 1 aromatic rings. The molecule has 19 heavy (non-hydrogen) atoms. The summed E-state index contributed by atoms with van der Waals surface area (Å²) in [7, 11) is 1.31. The van der Waals surface area contributed by atoms with Gasteiger partial charge in [0.15, 0.2) is 0 Å². The number of rotatable bonds is 3. The lowest BCUT2D eigenvalue weighted by Gasteiger charge is -2.30. The molecule has 1 aliphatic heterocycles. The maximum atomic E-state index is 11.7. The van der Waals surface area contributed by atoms with Crippen molar-refractivity contribution in [1.29, 1.82) is 0 Å². The predicted octanol–water partition coefficient (Wildman–Crippen LogP) is 1.90. The summed E-state index contributed by atoms with van der Waals surface area (Å²) >= 11 is 6.11.